The average Bonchev–Trinajstić information content (AvgIpc) is 2.56. The van der Waals surface area contributed by atoms with Gasteiger partial charge in [0, 0.05) is 31.1 Å². The first-order valence-corrected chi connectivity index (χ1v) is 8.05. The molecule has 23 heavy (non-hydrogen) atoms. The van der Waals surface area contributed by atoms with Crippen LogP contribution in [0, 0.1) is 0 Å². The Bertz CT molecular complexity index is 575. The van der Waals surface area contributed by atoms with Crippen LogP contribution in [0.3, 0.4) is 0 Å². The molecule has 124 valence electrons. The lowest BCUT2D eigenvalue weighted by Gasteiger charge is -2.20. The van der Waals surface area contributed by atoms with Crippen LogP contribution >= 0.6 is 24.0 Å². The molecule has 0 spiro atoms. The minimum atomic E-state index is 0. The molecule has 0 bridgehead atoms. The number of hydrogen-bond donors (Lipinski definition) is 0. The topological polar surface area (TPSA) is 12.5 Å². The van der Waals surface area contributed by atoms with Crippen LogP contribution < -0.4 is 4.74 Å². The molecule has 0 aromatic heterocycles. The molecule has 0 radical (unpaired) electrons. The number of alkyl halides is 1. The molecule has 0 fully saturated rings. The summed E-state index contributed by atoms with van der Waals surface area (Å²) in [5, 5.41) is 0. The quantitative estimate of drug-likeness (QED) is 0.471. The molecule has 0 saturated carbocycles. The zero-order valence-electron chi connectivity index (χ0n) is 13.2. The Morgan fingerprint density at radius 1 is 1.00 bits per heavy atom. The summed E-state index contributed by atoms with van der Waals surface area (Å²) in [6.07, 6.45) is 1.89. The van der Waals surface area contributed by atoms with Crippen molar-refractivity contribution in [3.05, 3.63) is 67.3 Å². The van der Waals surface area contributed by atoms with Crippen molar-refractivity contribution < 1.29 is 4.74 Å². The summed E-state index contributed by atoms with van der Waals surface area (Å²) in [7, 11) is 0. The minimum absolute atomic E-state index is 0. The highest BCUT2D eigenvalue weighted by Gasteiger charge is 2.07. The normalized spacial score (nSPS) is 10.2. The van der Waals surface area contributed by atoms with E-state index < -0.39 is 0 Å². The minimum Gasteiger partial charge on any atom is -0.492 e. The van der Waals surface area contributed by atoms with E-state index in [1.807, 2.05) is 42.5 Å². The third kappa shape index (κ3) is 6.26. The fourth-order valence-electron chi connectivity index (χ4n) is 2.33. The van der Waals surface area contributed by atoms with E-state index in [2.05, 4.69) is 29.7 Å². The van der Waals surface area contributed by atoms with E-state index in [1.54, 1.807) is 0 Å². The van der Waals surface area contributed by atoms with E-state index in [-0.39, 0.29) is 12.4 Å². The highest BCUT2D eigenvalue weighted by Crippen LogP contribution is 2.29. The third-order valence-corrected chi connectivity index (χ3v) is 3.59. The van der Waals surface area contributed by atoms with Gasteiger partial charge in [-0.15, -0.1) is 30.6 Å². The highest BCUT2D eigenvalue weighted by atomic mass is 35.5. The first-order chi connectivity index (χ1) is 10.8. The van der Waals surface area contributed by atoms with Crippen molar-refractivity contribution in [1.29, 1.82) is 0 Å². The summed E-state index contributed by atoms with van der Waals surface area (Å²) in [6.45, 7) is 6.92. The number of halogens is 2. The Kier molecular flexibility index (Phi) is 9.46. The lowest BCUT2D eigenvalue weighted by Crippen LogP contribution is -2.30. The fraction of sp³-hybridized carbons (Fsp3) is 0.263. The fourth-order valence-corrected chi connectivity index (χ4v) is 2.57. The van der Waals surface area contributed by atoms with E-state index in [0.717, 1.165) is 30.9 Å². The van der Waals surface area contributed by atoms with Crippen LogP contribution in [0.5, 0.6) is 5.75 Å². The van der Waals surface area contributed by atoms with Crippen molar-refractivity contribution >= 4 is 24.0 Å². The smallest absolute Gasteiger partial charge is 0.127 e. The van der Waals surface area contributed by atoms with Gasteiger partial charge >= 0.3 is 0 Å². The average molecular weight is 352 g/mol. The first-order valence-electron chi connectivity index (χ1n) is 7.51. The maximum absolute atomic E-state index is 6.00. The largest absolute Gasteiger partial charge is 0.492 e. The molecule has 0 aliphatic heterocycles. The van der Waals surface area contributed by atoms with Crippen molar-refractivity contribution in [1.82, 2.24) is 4.90 Å². The van der Waals surface area contributed by atoms with Gasteiger partial charge in [0.15, 0.2) is 0 Å². The maximum atomic E-state index is 6.00. The van der Waals surface area contributed by atoms with Gasteiger partial charge in [-0.3, -0.25) is 4.90 Å². The van der Waals surface area contributed by atoms with Crippen molar-refractivity contribution in [3.63, 3.8) is 0 Å². The predicted molar refractivity (Wildman–Crippen MR) is 102 cm³/mol. The molecular weight excluding hydrogens is 329 g/mol. The summed E-state index contributed by atoms with van der Waals surface area (Å²) >= 11 is 5.82. The van der Waals surface area contributed by atoms with Gasteiger partial charge in [0.05, 0.1) is 0 Å². The maximum Gasteiger partial charge on any atom is 0.127 e. The number of benzene rings is 2. The van der Waals surface area contributed by atoms with Gasteiger partial charge in [0.1, 0.15) is 12.4 Å². The van der Waals surface area contributed by atoms with Crippen LogP contribution in [0.15, 0.2) is 67.3 Å². The van der Waals surface area contributed by atoms with Crippen molar-refractivity contribution in [2.24, 2.45) is 0 Å². The van der Waals surface area contributed by atoms with Crippen LogP contribution in [0.25, 0.3) is 11.1 Å². The van der Waals surface area contributed by atoms with Crippen LogP contribution in [-0.2, 0) is 0 Å². The first kappa shape index (κ1) is 19.6. The van der Waals surface area contributed by atoms with Crippen LogP contribution in [0.1, 0.15) is 0 Å². The monoisotopic (exact) mass is 351 g/mol. The molecule has 4 heteroatoms. The number of nitrogens with zero attached hydrogens (tertiary/aromatic N) is 1. The van der Waals surface area contributed by atoms with E-state index in [4.69, 9.17) is 16.3 Å². The Labute approximate surface area is 150 Å². The second kappa shape index (κ2) is 11.1. The number of ether oxygens (including phenoxy) is 1. The van der Waals surface area contributed by atoms with Gasteiger partial charge in [0.25, 0.3) is 0 Å². The lowest BCUT2D eigenvalue weighted by molar-refractivity contribution is 0.231. The zero-order chi connectivity index (χ0) is 15.6. The van der Waals surface area contributed by atoms with Crippen molar-refractivity contribution in [2.45, 2.75) is 0 Å². The molecule has 0 heterocycles. The lowest BCUT2D eigenvalue weighted by atomic mass is 10.1. The molecule has 2 nitrogen and oxygen atoms in total. The highest BCUT2D eigenvalue weighted by molar-refractivity contribution is 6.18. The summed E-state index contributed by atoms with van der Waals surface area (Å²) in [5.41, 5.74) is 2.29. The second-order valence-corrected chi connectivity index (χ2v) is 5.37. The molecular formula is C19H23Cl2NO. The Balaban J connectivity index is 0.00000264. The summed E-state index contributed by atoms with van der Waals surface area (Å²) < 4.78 is 6.00. The Morgan fingerprint density at radius 2 is 1.70 bits per heavy atom. The van der Waals surface area contributed by atoms with E-state index in [0.29, 0.717) is 12.5 Å². The van der Waals surface area contributed by atoms with Crippen molar-refractivity contribution in [3.8, 4) is 16.9 Å². The van der Waals surface area contributed by atoms with Gasteiger partial charge in [-0.2, -0.15) is 0 Å². The number of hydrogen-bond acceptors (Lipinski definition) is 2. The third-order valence-electron chi connectivity index (χ3n) is 3.42. The number of rotatable bonds is 9. The SMILES string of the molecule is C=CCN(CCCl)CCOc1ccccc1-c1ccccc1.Cl. The molecule has 0 saturated heterocycles. The van der Waals surface area contributed by atoms with Crippen LogP contribution in [-0.4, -0.2) is 37.0 Å². The Hall–Kier alpha value is -1.48. The molecule has 0 aliphatic rings. The molecule has 2 rings (SSSR count). The van der Waals surface area contributed by atoms with E-state index in [9.17, 15) is 0 Å². The van der Waals surface area contributed by atoms with Crippen LogP contribution in [0.4, 0.5) is 0 Å². The van der Waals surface area contributed by atoms with Gasteiger partial charge < -0.3 is 4.74 Å². The zero-order valence-corrected chi connectivity index (χ0v) is 14.7. The molecule has 0 aliphatic carbocycles. The predicted octanol–water partition coefficient (Wildman–Crippen LogP) is 4.88. The van der Waals surface area contributed by atoms with Gasteiger partial charge in [-0.05, 0) is 11.6 Å². The second-order valence-electron chi connectivity index (χ2n) is 4.99. The van der Waals surface area contributed by atoms with Gasteiger partial charge in [-0.1, -0.05) is 54.6 Å². The molecule has 2 aromatic carbocycles. The molecule has 2 aromatic rings. The summed E-state index contributed by atoms with van der Waals surface area (Å²) in [6, 6.07) is 18.4. The van der Waals surface area contributed by atoms with E-state index >= 15 is 0 Å². The number of para-hydroxylation sites is 1. The van der Waals surface area contributed by atoms with E-state index in [1.165, 1.54) is 5.56 Å². The summed E-state index contributed by atoms with van der Waals surface area (Å²) in [4.78, 5) is 2.23. The molecule has 0 amide bonds. The molecule has 0 N–H and O–H groups in total. The van der Waals surface area contributed by atoms with Gasteiger partial charge in [0.2, 0.25) is 0 Å². The molecule has 0 unspecified atom stereocenters. The van der Waals surface area contributed by atoms with Crippen LogP contribution in [0.2, 0.25) is 0 Å². The van der Waals surface area contributed by atoms with Gasteiger partial charge in [-0.25, -0.2) is 0 Å². The summed E-state index contributed by atoms with van der Waals surface area (Å²) in [5.74, 6) is 1.53. The standard InChI is InChI=1S/C19H22ClNO.ClH/c1-2-13-21(14-12-20)15-16-22-19-11-7-6-10-18(19)17-8-4-3-5-9-17;/h2-11H,1,12-16H2;1H. The van der Waals surface area contributed by atoms with Crippen molar-refractivity contribution in [2.75, 3.05) is 32.1 Å². The Morgan fingerprint density at radius 3 is 2.39 bits per heavy atom. The molecule has 0 atom stereocenters.